The van der Waals surface area contributed by atoms with E-state index in [0.717, 1.165) is 45.4 Å². The normalized spacial score (nSPS) is 25.2. The van der Waals surface area contributed by atoms with Crippen molar-refractivity contribution >= 4 is 5.97 Å². The van der Waals surface area contributed by atoms with Crippen LogP contribution in [-0.2, 0) is 4.79 Å². The monoisotopic (exact) mass is 256 g/mol. The van der Waals surface area contributed by atoms with E-state index in [0.29, 0.717) is 18.4 Å². The molecule has 18 heavy (non-hydrogen) atoms. The zero-order chi connectivity index (χ0) is 13.4. The molecule has 2 atom stereocenters. The van der Waals surface area contributed by atoms with E-state index in [9.17, 15) is 4.79 Å². The fourth-order valence-corrected chi connectivity index (χ4v) is 2.83. The third-order valence-corrected chi connectivity index (χ3v) is 3.60. The number of carboxylic acids is 1. The second-order valence-corrected chi connectivity index (χ2v) is 5.44. The van der Waals surface area contributed by atoms with Crippen LogP contribution in [-0.4, -0.2) is 48.2 Å². The number of likely N-dealkylation sites (tertiary alicyclic amines) is 1. The molecule has 4 nitrogen and oxygen atoms in total. The lowest BCUT2D eigenvalue weighted by molar-refractivity contribution is -0.137. The van der Waals surface area contributed by atoms with Gasteiger partial charge in [-0.2, -0.15) is 0 Å². The molecule has 1 rings (SSSR count). The standard InChI is InChI=1S/C14H28N2O2/c1-3-7-15-13-9-12(5-6-14(17)18)10-16(11-13)8-4-2/h12-13,15H,3-11H2,1-2H3,(H,17,18). The van der Waals surface area contributed by atoms with Crippen molar-refractivity contribution in [3.8, 4) is 0 Å². The molecule has 0 amide bonds. The molecule has 0 saturated carbocycles. The van der Waals surface area contributed by atoms with Crippen molar-refractivity contribution in [1.29, 1.82) is 0 Å². The average Bonchev–Trinajstić information content (AvgIpc) is 2.34. The molecule has 2 unspecified atom stereocenters. The Morgan fingerprint density at radius 3 is 2.72 bits per heavy atom. The van der Waals surface area contributed by atoms with Gasteiger partial charge in [-0.15, -0.1) is 0 Å². The molecule has 2 N–H and O–H groups in total. The number of rotatable bonds is 8. The van der Waals surface area contributed by atoms with Gasteiger partial charge in [-0.3, -0.25) is 4.79 Å². The predicted octanol–water partition coefficient (Wildman–Crippen LogP) is 1.95. The third kappa shape index (κ3) is 5.83. The second kappa shape index (κ2) is 8.48. The van der Waals surface area contributed by atoms with Crippen molar-refractivity contribution in [2.24, 2.45) is 5.92 Å². The lowest BCUT2D eigenvalue weighted by Crippen LogP contribution is -2.49. The summed E-state index contributed by atoms with van der Waals surface area (Å²) in [5.74, 6) is -0.128. The molecular formula is C14H28N2O2. The van der Waals surface area contributed by atoms with Crippen molar-refractivity contribution in [3.63, 3.8) is 0 Å². The maximum Gasteiger partial charge on any atom is 0.303 e. The smallest absolute Gasteiger partial charge is 0.303 e. The first kappa shape index (κ1) is 15.4. The van der Waals surface area contributed by atoms with Crippen molar-refractivity contribution < 1.29 is 9.90 Å². The summed E-state index contributed by atoms with van der Waals surface area (Å²) in [5, 5.41) is 12.4. The zero-order valence-electron chi connectivity index (χ0n) is 11.8. The van der Waals surface area contributed by atoms with Gasteiger partial charge < -0.3 is 15.3 Å². The molecule has 1 saturated heterocycles. The van der Waals surface area contributed by atoms with E-state index in [1.54, 1.807) is 0 Å². The molecule has 0 spiro atoms. The number of piperidine rings is 1. The van der Waals surface area contributed by atoms with Crippen LogP contribution < -0.4 is 5.32 Å². The number of nitrogens with zero attached hydrogens (tertiary/aromatic N) is 1. The van der Waals surface area contributed by atoms with E-state index in [1.807, 2.05) is 0 Å². The van der Waals surface area contributed by atoms with E-state index < -0.39 is 5.97 Å². The fourth-order valence-electron chi connectivity index (χ4n) is 2.83. The minimum absolute atomic E-state index is 0.311. The highest BCUT2D eigenvalue weighted by atomic mass is 16.4. The Balaban J connectivity index is 2.42. The molecule has 0 aromatic carbocycles. The number of nitrogens with one attached hydrogen (secondary N) is 1. The Labute approximate surface area is 111 Å². The van der Waals surface area contributed by atoms with Gasteiger partial charge in [0, 0.05) is 25.6 Å². The number of hydrogen-bond acceptors (Lipinski definition) is 3. The first-order chi connectivity index (χ1) is 8.65. The van der Waals surface area contributed by atoms with Crippen LogP contribution >= 0.6 is 0 Å². The van der Waals surface area contributed by atoms with Crippen LogP contribution in [0.1, 0.15) is 46.0 Å². The van der Waals surface area contributed by atoms with Crippen molar-refractivity contribution in [2.75, 3.05) is 26.2 Å². The lowest BCUT2D eigenvalue weighted by atomic mass is 9.90. The van der Waals surface area contributed by atoms with Crippen LogP contribution in [0.4, 0.5) is 0 Å². The molecule has 4 heteroatoms. The van der Waals surface area contributed by atoms with E-state index in [2.05, 4.69) is 24.1 Å². The Morgan fingerprint density at radius 1 is 1.33 bits per heavy atom. The largest absolute Gasteiger partial charge is 0.481 e. The summed E-state index contributed by atoms with van der Waals surface area (Å²) in [6.45, 7) is 8.78. The number of hydrogen-bond donors (Lipinski definition) is 2. The summed E-state index contributed by atoms with van der Waals surface area (Å²) in [6.07, 6.45) is 4.59. The molecule has 0 radical (unpaired) electrons. The molecule has 106 valence electrons. The van der Waals surface area contributed by atoms with Gasteiger partial charge in [0.1, 0.15) is 0 Å². The highest BCUT2D eigenvalue weighted by Gasteiger charge is 2.26. The van der Waals surface area contributed by atoms with Gasteiger partial charge in [-0.1, -0.05) is 13.8 Å². The Morgan fingerprint density at radius 2 is 2.11 bits per heavy atom. The summed E-state index contributed by atoms with van der Waals surface area (Å²) in [7, 11) is 0. The summed E-state index contributed by atoms with van der Waals surface area (Å²) in [4.78, 5) is 13.2. The Bertz CT molecular complexity index is 246. The minimum atomic E-state index is -0.666. The van der Waals surface area contributed by atoms with Crippen LogP contribution in [0.5, 0.6) is 0 Å². The van der Waals surface area contributed by atoms with Crippen LogP contribution in [0.3, 0.4) is 0 Å². The number of aliphatic carboxylic acids is 1. The Kier molecular flexibility index (Phi) is 7.28. The molecule has 0 aromatic heterocycles. The van der Waals surface area contributed by atoms with Crippen LogP contribution in [0.15, 0.2) is 0 Å². The van der Waals surface area contributed by atoms with Gasteiger partial charge in [0.2, 0.25) is 0 Å². The average molecular weight is 256 g/mol. The van der Waals surface area contributed by atoms with Gasteiger partial charge in [0.05, 0.1) is 0 Å². The van der Waals surface area contributed by atoms with Gasteiger partial charge in [0.25, 0.3) is 0 Å². The molecular weight excluding hydrogens is 228 g/mol. The van der Waals surface area contributed by atoms with E-state index in [1.165, 1.54) is 6.42 Å². The second-order valence-electron chi connectivity index (χ2n) is 5.44. The van der Waals surface area contributed by atoms with Gasteiger partial charge in [-0.05, 0) is 44.7 Å². The molecule has 0 aliphatic carbocycles. The van der Waals surface area contributed by atoms with Crippen LogP contribution in [0.2, 0.25) is 0 Å². The number of carboxylic acid groups (broad SMARTS) is 1. The summed E-state index contributed by atoms with van der Waals surface area (Å²) in [5.41, 5.74) is 0. The van der Waals surface area contributed by atoms with Gasteiger partial charge in [-0.25, -0.2) is 0 Å². The van der Waals surface area contributed by atoms with Crippen LogP contribution in [0.25, 0.3) is 0 Å². The molecule has 1 aliphatic heterocycles. The number of carbonyl (C=O) groups is 1. The van der Waals surface area contributed by atoms with Gasteiger partial charge >= 0.3 is 5.97 Å². The highest BCUT2D eigenvalue weighted by Crippen LogP contribution is 2.21. The quantitative estimate of drug-likeness (QED) is 0.697. The first-order valence-electron chi connectivity index (χ1n) is 7.33. The first-order valence-corrected chi connectivity index (χ1v) is 7.33. The van der Waals surface area contributed by atoms with E-state index >= 15 is 0 Å². The Hall–Kier alpha value is -0.610. The molecule has 1 fully saturated rings. The molecule has 1 heterocycles. The predicted molar refractivity (Wildman–Crippen MR) is 73.8 cm³/mol. The van der Waals surface area contributed by atoms with Crippen molar-refractivity contribution in [2.45, 2.75) is 52.0 Å². The van der Waals surface area contributed by atoms with Crippen molar-refractivity contribution in [3.05, 3.63) is 0 Å². The maximum absolute atomic E-state index is 10.7. The topological polar surface area (TPSA) is 52.6 Å². The van der Waals surface area contributed by atoms with Crippen molar-refractivity contribution in [1.82, 2.24) is 10.2 Å². The highest BCUT2D eigenvalue weighted by molar-refractivity contribution is 5.66. The van der Waals surface area contributed by atoms with E-state index in [-0.39, 0.29) is 0 Å². The SMILES string of the molecule is CCCNC1CC(CCC(=O)O)CN(CCC)C1. The minimum Gasteiger partial charge on any atom is -0.481 e. The van der Waals surface area contributed by atoms with E-state index in [4.69, 9.17) is 5.11 Å². The summed E-state index contributed by atoms with van der Waals surface area (Å²) >= 11 is 0. The summed E-state index contributed by atoms with van der Waals surface area (Å²) < 4.78 is 0. The molecule has 0 bridgehead atoms. The third-order valence-electron chi connectivity index (χ3n) is 3.60. The lowest BCUT2D eigenvalue weighted by Gasteiger charge is -2.38. The molecule has 1 aliphatic rings. The van der Waals surface area contributed by atoms with Gasteiger partial charge in [0.15, 0.2) is 0 Å². The molecule has 0 aromatic rings. The zero-order valence-corrected chi connectivity index (χ0v) is 11.8. The maximum atomic E-state index is 10.7. The summed E-state index contributed by atoms with van der Waals surface area (Å²) in [6, 6.07) is 0.545. The fraction of sp³-hybridized carbons (Fsp3) is 0.929. The van der Waals surface area contributed by atoms with Crippen LogP contribution in [0, 0.1) is 5.92 Å².